The monoisotopic (exact) mass is 273 g/mol. The van der Waals surface area contributed by atoms with Crippen molar-refractivity contribution in [3.05, 3.63) is 0 Å². The van der Waals surface area contributed by atoms with Crippen LogP contribution in [0.5, 0.6) is 0 Å². The minimum atomic E-state index is -1.41. The average molecular weight is 273 g/mol. The van der Waals surface area contributed by atoms with E-state index >= 15 is 0 Å². The van der Waals surface area contributed by atoms with E-state index in [4.69, 9.17) is 14.2 Å². The topological polar surface area (TPSA) is 90.9 Å². The zero-order valence-electron chi connectivity index (χ0n) is 11.1. The first-order valence-corrected chi connectivity index (χ1v) is 6.31. The minimum absolute atomic E-state index is 0.122. The molecule has 7 heteroatoms. The quantitative estimate of drug-likeness (QED) is 0.524. The van der Waals surface area contributed by atoms with Gasteiger partial charge in [-0.15, -0.1) is 0 Å². The van der Waals surface area contributed by atoms with Crippen molar-refractivity contribution >= 4 is 17.8 Å². The fraction of sp³-hybridized carbons (Fsp3) is 0.750. The number of carbonyl (C=O) groups is 3. The van der Waals surface area contributed by atoms with Crippen molar-refractivity contribution in [3.8, 4) is 0 Å². The van der Waals surface area contributed by atoms with Gasteiger partial charge in [0.25, 0.3) is 0 Å². The van der Waals surface area contributed by atoms with Gasteiger partial charge in [0, 0.05) is 6.61 Å². The summed E-state index contributed by atoms with van der Waals surface area (Å²) in [6, 6.07) is -1.41. The van der Waals surface area contributed by atoms with Crippen molar-refractivity contribution in [1.82, 2.24) is 5.32 Å². The predicted octanol–water partition coefficient (Wildman–Crippen LogP) is -0.366. The number of hydrogen-bond donors (Lipinski definition) is 1. The zero-order chi connectivity index (χ0) is 14.3. The molecule has 1 unspecified atom stereocenters. The molecule has 19 heavy (non-hydrogen) atoms. The van der Waals surface area contributed by atoms with Crippen LogP contribution in [0.2, 0.25) is 0 Å². The van der Waals surface area contributed by atoms with E-state index in [0.29, 0.717) is 19.6 Å². The molecule has 1 heterocycles. The lowest BCUT2D eigenvalue weighted by Crippen LogP contribution is -2.50. The molecule has 0 aromatic rings. The van der Waals surface area contributed by atoms with Crippen LogP contribution in [-0.4, -0.2) is 50.3 Å². The zero-order valence-corrected chi connectivity index (χ0v) is 11.1. The molecular weight excluding hydrogens is 254 g/mol. The number of amides is 1. The van der Waals surface area contributed by atoms with Gasteiger partial charge in [0.15, 0.2) is 0 Å². The summed E-state index contributed by atoms with van der Waals surface area (Å²) >= 11 is 0. The Hall–Kier alpha value is -1.63. The van der Waals surface area contributed by atoms with Crippen LogP contribution in [0.1, 0.15) is 20.3 Å². The fourth-order valence-corrected chi connectivity index (χ4v) is 1.67. The third-order valence-corrected chi connectivity index (χ3v) is 2.63. The molecule has 108 valence electrons. The van der Waals surface area contributed by atoms with E-state index in [9.17, 15) is 14.4 Å². The van der Waals surface area contributed by atoms with Crippen LogP contribution >= 0.6 is 0 Å². The minimum Gasteiger partial charge on any atom is -0.464 e. The van der Waals surface area contributed by atoms with Crippen LogP contribution < -0.4 is 5.32 Å². The van der Waals surface area contributed by atoms with Crippen LogP contribution in [0.3, 0.4) is 0 Å². The molecule has 1 aliphatic heterocycles. The average Bonchev–Trinajstić information content (AvgIpc) is 2.90. The molecule has 0 radical (unpaired) electrons. The smallest absolute Gasteiger partial charge is 0.340 e. The second-order valence-corrected chi connectivity index (χ2v) is 4.01. The van der Waals surface area contributed by atoms with Gasteiger partial charge in [-0.25, -0.2) is 9.59 Å². The van der Waals surface area contributed by atoms with E-state index < -0.39 is 23.9 Å². The highest BCUT2D eigenvalue weighted by molar-refractivity contribution is 6.02. The molecule has 0 aromatic carbocycles. The number of rotatable bonds is 6. The Kier molecular flexibility index (Phi) is 6.27. The molecular formula is C12H19NO6. The first-order valence-electron chi connectivity index (χ1n) is 6.31. The Morgan fingerprint density at radius 3 is 2.21 bits per heavy atom. The lowest BCUT2D eigenvalue weighted by molar-refractivity contribution is -0.160. The molecule has 1 aliphatic rings. The maximum Gasteiger partial charge on any atom is 0.340 e. The third kappa shape index (κ3) is 4.51. The maximum absolute atomic E-state index is 11.9. The molecule has 0 spiro atoms. The SMILES string of the molecule is CCOC(=O)C(NC(=O)C1CCOC1)C(=O)OCC. The highest BCUT2D eigenvalue weighted by Gasteiger charge is 2.34. The van der Waals surface area contributed by atoms with Gasteiger partial charge in [0.1, 0.15) is 0 Å². The molecule has 1 saturated heterocycles. The standard InChI is InChI=1S/C12H19NO6/c1-3-18-11(15)9(12(16)19-4-2)13-10(14)8-5-6-17-7-8/h8-9H,3-7H2,1-2H3,(H,13,14). The van der Waals surface area contributed by atoms with Crippen LogP contribution in [0.25, 0.3) is 0 Å². The molecule has 0 aliphatic carbocycles. The van der Waals surface area contributed by atoms with E-state index in [1.807, 2.05) is 0 Å². The molecule has 1 amide bonds. The Labute approximate surface area is 111 Å². The van der Waals surface area contributed by atoms with Gasteiger partial charge in [-0.1, -0.05) is 0 Å². The van der Waals surface area contributed by atoms with Crippen molar-refractivity contribution in [2.45, 2.75) is 26.3 Å². The van der Waals surface area contributed by atoms with Gasteiger partial charge in [-0.2, -0.15) is 0 Å². The first-order chi connectivity index (χ1) is 9.10. The van der Waals surface area contributed by atoms with Gasteiger partial charge in [0.2, 0.25) is 11.9 Å². The van der Waals surface area contributed by atoms with Gasteiger partial charge < -0.3 is 19.5 Å². The van der Waals surface area contributed by atoms with E-state index in [1.54, 1.807) is 13.8 Å². The van der Waals surface area contributed by atoms with Gasteiger partial charge in [-0.3, -0.25) is 4.79 Å². The first kappa shape index (κ1) is 15.4. The molecule has 0 bridgehead atoms. The summed E-state index contributed by atoms with van der Waals surface area (Å²) in [4.78, 5) is 35.1. The number of ether oxygens (including phenoxy) is 3. The second-order valence-electron chi connectivity index (χ2n) is 4.01. The summed E-state index contributed by atoms with van der Waals surface area (Å²) in [5.74, 6) is -2.36. The van der Waals surface area contributed by atoms with Crippen molar-refractivity contribution in [2.75, 3.05) is 26.4 Å². The van der Waals surface area contributed by atoms with Gasteiger partial charge in [0.05, 0.1) is 25.7 Å². The Morgan fingerprint density at radius 1 is 1.21 bits per heavy atom. The Morgan fingerprint density at radius 2 is 1.79 bits per heavy atom. The van der Waals surface area contributed by atoms with Gasteiger partial charge in [-0.05, 0) is 20.3 Å². The molecule has 0 aromatic heterocycles. The molecule has 1 atom stereocenters. The summed E-state index contributed by atoms with van der Waals surface area (Å²) in [7, 11) is 0. The largest absolute Gasteiger partial charge is 0.464 e. The molecule has 7 nitrogen and oxygen atoms in total. The van der Waals surface area contributed by atoms with E-state index in [-0.39, 0.29) is 19.1 Å². The van der Waals surface area contributed by atoms with Crippen LogP contribution in [-0.2, 0) is 28.6 Å². The van der Waals surface area contributed by atoms with Crippen molar-refractivity contribution in [1.29, 1.82) is 0 Å². The lowest BCUT2D eigenvalue weighted by atomic mass is 10.1. The van der Waals surface area contributed by atoms with Crippen LogP contribution in [0, 0.1) is 5.92 Å². The van der Waals surface area contributed by atoms with Crippen LogP contribution in [0.15, 0.2) is 0 Å². The highest BCUT2D eigenvalue weighted by Crippen LogP contribution is 2.12. The number of carbonyl (C=O) groups excluding carboxylic acids is 3. The normalized spacial score (nSPS) is 18.2. The van der Waals surface area contributed by atoms with E-state index in [1.165, 1.54) is 0 Å². The summed E-state index contributed by atoms with van der Waals surface area (Å²) in [6.07, 6.45) is 0.574. The summed E-state index contributed by atoms with van der Waals surface area (Å²) in [5.41, 5.74) is 0. The van der Waals surface area contributed by atoms with E-state index in [0.717, 1.165) is 0 Å². The van der Waals surface area contributed by atoms with Crippen molar-refractivity contribution in [2.24, 2.45) is 5.92 Å². The predicted molar refractivity (Wildman–Crippen MR) is 64.1 cm³/mol. The Balaban J connectivity index is 2.64. The summed E-state index contributed by atoms with van der Waals surface area (Å²) < 4.78 is 14.6. The third-order valence-electron chi connectivity index (χ3n) is 2.63. The summed E-state index contributed by atoms with van der Waals surface area (Å²) in [6.45, 7) is 4.28. The molecule has 0 saturated carbocycles. The number of hydrogen-bond acceptors (Lipinski definition) is 6. The number of esters is 2. The van der Waals surface area contributed by atoms with Crippen LogP contribution in [0.4, 0.5) is 0 Å². The molecule has 1 rings (SSSR count). The number of nitrogens with one attached hydrogen (secondary N) is 1. The summed E-state index contributed by atoms with van der Waals surface area (Å²) in [5, 5.41) is 2.36. The molecule has 1 N–H and O–H groups in total. The second kappa shape index (κ2) is 7.73. The Bertz CT molecular complexity index is 319. The fourth-order valence-electron chi connectivity index (χ4n) is 1.67. The highest BCUT2D eigenvalue weighted by atomic mass is 16.6. The molecule has 1 fully saturated rings. The van der Waals surface area contributed by atoms with Crippen molar-refractivity contribution in [3.63, 3.8) is 0 Å². The van der Waals surface area contributed by atoms with E-state index in [2.05, 4.69) is 5.32 Å². The van der Waals surface area contributed by atoms with Gasteiger partial charge >= 0.3 is 11.9 Å². The maximum atomic E-state index is 11.9. The van der Waals surface area contributed by atoms with Crippen molar-refractivity contribution < 1.29 is 28.6 Å². The lowest BCUT2D eigenvalue weighted by Gasteiger charge is -2.17.